The molecule has 1 nitrogen and oxygen atoms in total. The molecule has 1 heterocycles. The van der Waals surface area contributed by atoms with E-state index >= 15 is 0 Å². The van der Waals surface area contributed by atoms with E-state index in [1.54, 1.807) is 0 Å². The normalized spacial score (nSPS) is 11.4. The van der Waals surface area contributed by atoms with Crippen LogP contribution >= 0.6 is 11.6 Å². The summed E-state index contributed by atoms with van der Waals surface area (Å²) in [6.07, 6.45) is 0.230. The number of furan rings is 1. The molecule has 148 valence electrons. The van der Waals surface area contributed by atoms with Crippen molar-refractivity contribution in [3.63, 3.8) is 0 Å². The highest BCUT2D eigenvalue weighted by molar-refractivity contribution is 6.35. The van der Waals surface area contributed by atoms with Crippen molar-refractivity contribution < 1.29 is 48.3 Å². The van der Waals surface area contributed by atoms with Gasteiger partial charge in [-0.15, -0.1) is 0 Å². The van der Waals surface area contributed by atoms with Gasteiger partial charge < -0.3 is 4.42 Å². The highest BCUT2D eigenvalue weighted by Gasteiger charge is 2.33. The molecule has 0 aliphatic rings. The number of hydrogen-bond acceptors (Lipinski definition) is 1. The van der Waals surface area contributed by atoms with Crippen molar-refractivity contribution in [3.05, 3.63) is 69.5 Å². The van der Waals surface area contributed by atoms with Crippen molar-refractivity contribution in [2.75, 3.05) is 0 Å². The molecule has 0 radical (unpaired) electrons. The molecular weight excluding hydrogens is 434 g/mol. The van der Waals surface area contributed by atoms with Gasteiger partial charge in [0.25, 0.3) is 0 Å². The zero-order valence-electron chi connectivity index (χ0n) is 12.6. The van der Waals surface area contributed by atoms with E-state index in [-0.39, 0.29) is 6.26 Å². The van der Waals surface area contributed by atoms with Gasteiger partial charge in [0.2, 0.25) is 11.6 Å². The van der Waals surface area contributed by atoms with Gasteiger partial charge in [-0.05, 0) is 0 Å². The van der Waals surface area contributed by atoms with Crippen LogP contribution in [0.3, 0.4) is 0 Å². The third-order valence-electron chi connectivity index (χ3n) is 3.65. The third kappa shape index (κ3) is 2.64. The lowest BCUT2D eigenvalue weighted by atomic mass is 10.0. The highest BCUT2D eigenvalue weighted by atomic mass is 35.5. The fraction of sp³-hybridized carbons (Fsp3) is 0. The van der Waals surface area contributed by atoms with Crippen LogP contribution in [0.25, 0.3) is 22.5 Å². The first-order chi connectivity index (χ1) is 13.0. The molecule has 2 aromatic carbocycles. The van der Waals surface area contributed by atoms with E-state index in [0.29, 0.717) is 0 Å². The molecule has 1 aromatic heterocycles. The second-order valence-corrected chi connectivity index (χ2v) is 5.56. The summed E-state index contributed by atoms with van der Waals surface area (Å²) >= 11 is 5.63. The molecule has 0 fully saturated rings. The predicted octanol–water partition coefficient (Wildman–Crippen LogP) is 6.66. The Labute approximate surface area is 152 Å². The standard InChI is InChI=1S/C16HClF10O/c17-5-2(3-6(18)10(22)14(26)11(23)7(3)19)1-28-16(5)4-8(20)12(24)15(27)13(25)9(4)21/h1H. The first-order valence-electron chi connectivity index (χ1n) is 6.81. The molecule has 0 amide bonds. The van der Waals surface area contributed by atoms with E-state index in [1.165, 1.54) is 0 Å². The maximum Gasteiger partial charge on any atom is 0.200 e. The van der Waals surface area contributed by atoms with Crippen molar-refractivity contribution in [3.8, 4) is 22.5 Å². The smallest absolute Gasteiger partial charge is 0.200 e. The van der Waals surface area contributed by atoms with Crippen molar-refractivity contribution in [1.82, 2.24) is 0 Å². The van der Waals surface area contributed by atoms with Gasteiger partial charge in [0, 0.05) is 5.56 Å². The molecule has 0 aliphatic heterocycles. The number of benzene rings is 2. The number of rotatable bonds is 2. The SMILES string of the molecule is Fc1c(F)c(F)c(-c2coc(-c3c(F)c(F)c(F)c(F)c3F)c2Cl)c(F)c1F. The fourth-order valence-electron chi connectivity index (χ4n) is 2.33. The lowest BCUT2D eigenvalue weighted by Crippen LogP contribution is -2.04. The number of halogens is 11. The second kappa shape index (κ2) is 6.73. The largest absolute Gasteiger partial charge is 0.462 e. The molecule has 12 heteroatoms. The third-order valence-corrected chi connectivity index (χ3v) is 4.02. The van der Waals surface area contributed by atoms with Crippen LogP contribution < -0.4 is 0 Å². The molecule has 3 aromatic rings. The summed E-state index contributed by atoms with van der Waals surface area (Å²) in [5.74, 6) is -25.2. The summed E-state index contributed by atoms with van der Waals surface area (Å²) in [6.45, 7) is 0. The average molecular weight is 435 g/mol. The minimum atomic E-state index is -2.50. The quantitative estimate of drug-likeness (QED) is 0.250. The van der Waals surface area contributed by atoms with E-state index < -0.39 is 85.6 Å². The average Bonchev–Trinajstić information content (AvgIpc) is 3.03. The van der Waals surface area contributed by atoms with Gasteiger partial charge in [-0.25, -0.2) is 43.9 Å². The van der Waals surface area contributed by atoms with Crippen LogP contribution in [-0.4, -0.2) is 0 Å². The minimum Gasteiger partial charge on any atom is -0.462 e. The summed E-state index contributed by atoms with van der Waals surface area (Å²) in [5.41, 5.74) is -4.40. The Morgan fingerprint density at radius 2 is 0.821 bits per heavy atom. The van der Waals surface area contributed by atoms with E-state index in [0.717, 1.165) is 0 Å². The zero-order chi connectivity index (χ0) is 21.1. The molecule has 0 aliphatic carbocycles. The first-order valence-corrected chi connectivity index (χ1v) is 7.19. The van der Waals surface area contributed by atoms with Gasteiger partial charge in [0.05, 0.1) is 16.1 Å². The van der Waals surface area contributed by atoms with Crippen LogP contribution in [-0.2, 0) is 0 Å². The molecule has 28 heavy (non-hydrogen) atoms. The van der Waals surface area contributed by atoms with Crippen molar-refractivity contribution >= 4 is 11.6 Å². The van der Waals surface area contributed by atoms with Crippen LogP contribution in [0.4, 0.5) is 43.9 Å². The molecule has 0 atom stereocenters. The lowest BCUT2D eigenvalue weighted by molar-refractivity contribution is 0.379. The predicted molar refractivity (Wildman–Crippen MR) is 74.2 cm³/mol. The monoisotopic (exact) mass is 434 g/mol. The van der Waals surface area contributed by atoms with E-state index in [2.05, 4.69) is 4.42 Å². The summed E-state index contributed by atoms with van der Waals surface area (Å²) in [6, 6.07) is 0. The van der Waals surface area contributed by atoms with E-state index in [1.807, 2.05) is 0 Å². The van der Waals surface area contributed by atoms with Crippen LogP contribution in [0.2, 0.25) is 5.02 Å². The molecule has 0 unspecified atom stereocenters. The topological polar surface area (TPSA) is 13.1 Å². The molecule has 0 saturated carbocycles. The molecule has 3 rings (SSSR count). The van der Waals surface area contributed by atoms with Gasteiger partial charge in [-0.2, -0.15) is 0 Å². The van der Waals surface area contributed by atoms with Gasteiger partial charge >= 0.3 is 0 Å². The maximum absolute atomic E-state index is 13.9. The van der Waals surface area contributed by atoms with Crippen molar-refractivity contribution in [2.45, 2.75) is 0 Å². The van der Waals surface area contributed by atoms with Gasteiger partial charge in [0.1, 0.15) is 6.26 Å². The Morgan fingerprint density at radius 3 is 1.21 bits per heavy atom. The molecule has 0 bridgehead atoms. The van der Waals surface area contributed by atoms with Crippen LogP contribution in [0.5, 0.6) is 0 Å². The first kappa shape index (κ1) is 20.1. The Kier molecular flexibility index (Phi) is 4.82. The maximum atomic E-state index is 13.9. The van der Waals surface area contributed by atoms with Crippen LogP contribution in [0.15, 0.2) is 10.7 Å². The molecular formula is C16HClF10O. The summed E-state index contributed by atoms with van der Waals surface area (Å²) in [5, 5.41) is -1.16. The summed E-state index contributed by atoms with van der Waals surface area (Å²) in [7, 11) is 0. The highest BCUT2D eigenvalue weighted by Crippen LogP contribution is 2.44. The molecule has 0 spiro atoms. The van der Waals surface area contributed by atoms with Gasteiger partial charge in [-0.3, -0.25) is 0 Å². The van der Waals surface area contributed by atoms with Crippen LogP contribution in [0.1, 0.15) is 0 Å². The summed E-state index contributed by atoms with van der Waals surface area (Å²) < 4.78 is 140. The Hall–Kier alpha value is -2.69. The fourth-order valence-corrected chi connectivity index (χ4v) is 2.60. The second-order valence-electron chi connectivity index (χ2n) is 5.18. The lowest BCUT2D eigenvalue weighted by Gasteiger charge is -2.08. The zero-order valence-corrected chi connectivity index (χ0v) is 13.4. The van der Waals surface area contributed by atoms with E-state index in [4.69, 9.17) is 11.6 Å². The Balaban J connectivity index is 2.33. The summed E-state index contributed by atoms with van der Waals surface area (Å²) in [4.78, 5) is 0. The van der Waals surface area contributed by atoms with Crippen molar-refractivity contribution in [2.24, 2.45) is 0 Å². The van der Waals surface area contributed by atoms with E-state index in [9.17, 15) is 43.9 Å². The minimum absolute atomic E-state index is 0.230. The van der Waals surface area contributed by atoms with Crippen molar-refractivity contribution in [1.29, 1.82) is 0 Å². The molecule has 0 N–H and O–H groups in total. The Bertz CT molecular complexity index is 992. The van der Waals surface area contributed by atoms with Crippen LogP contribution in [0, 0.1) is 58.2 Å². The number of hydrogen-bond donors (Lipinski definition) is 0. The van der Waals surface area contributed by atoms with Gasteiger partial charge in [-0.1, -0.05) is 11.6 Å². The van der Waals surface area contributed by atoms with Gasteiger partial charge in [0.15, 0.2) is 52.3 Å². The molecule has 0 saturated heterocycles. The Morgan fingerprint density at radius 1 is 0.500 bits per heavy atom.